The van der Waals surface area contributed by atoms with Crippen molar-refractivity contribution in [2.45, 2.75) is 12.1 Å². The third kappa shape index (κ3) is 2.82. The van der Waals surface area contributed by atoms with E-state index in [1.807, 2.05) is 72.8 Å². The molecular weight excluding hydrogens is 300 g/mol. The number of hydrogen-bond acceptors (Lipinski definition) is 5. The van der Waals surface area contributed by atoms with Crippen molar-refractivity contribution >= 4 is 17.2 Å². The Kier molecular flexibility index (Phi) is 3.86. The molecule has 0 saturated heterocycles. The van der Waals surface area contributed by atoms with Crippen molar-refractivity contribution in [3.63, 3.8) is 0 Å². The molecule has 2 heterocycles. The maximum absolute atomic E-state index is 12.7. The molecule has 5 heteroatoms. The maximum atomic E-state index is 12.7. The summed E-state index contributed by atoms with van der Waals surface area (Å²) in [5, 5.41) is 0. The van der Waals surface area contributed by atoms with E-state index in [-0.39, 0.29) is 17.9 Å². The molecule has 0 saturated carbocycles. The van der Waals surface area contributed by atoms with Crippen molar-refractivity contribution in [3.05, 3.63) is 83.9 Å². The van der Waals surface area contributed by atoms with Crippen LogP contribution in [0, 0.1) is 0 Å². The summed E-state index contributed by atoms with van der Waals surface area (Å²) in [6.45, 7) is 0. The van der Waals surface area contributed by atoms with E-state index < -0.39 is 0 Å². The quantitative estimate of drug-likeness (QED) is 0.689. The molecule has 0 amide bonds. The second kappa shape index (κ2) is 6.31. The summed E-state index contributed by atoms with van der Waals surface area (Å²) in [5.74, 6) is 0.0619. The molecule has 0 aliphatic carbocycles. The minimum atomic E-state index is -0.370. The summed E-state index contributed by atoms with van der Waals surface area (Å²) in [5.41, 5.74) is 16.2. The number of hydrogen-bond donors (Lipinski definition) is 4. The predicted octanol–water partition coefficient (Wildman–Crippen LogP) is 1.59. The summed E-state index contributed by atoms with van der Waals surface area (Å²) in [6.07, 6.45) is 3.85. The third-order valence-corrected chi connectivity index (χ3v) is 4.17. The zero-order valence-corrected chi connectivity index (χ0v) is 13.0. The van der Waals surface area contributed by atoms with Gasteiger partial charge in [-0.1, -0.05) is 60.7 Å². The normalized spacial score (nSPS) is 22.3. The topological polar surface area (TPSA) is 65.2 Å². The minimum absolute atomic E-state index is 0.0619. The summed E-state index contributed by atoms with van der Waals surface area (Å²) in [6, 6.07) is 19.1. The largest absolute Gasteiger partial charge is 0.320 e. The Bertz CT molecular complexity index is 731. The van der Waals surface area contributed by atoms with Crippen LogP contribution in [0.15, 0.2) is 72.8 Å². The Balaban J connectivity index is 1.49. The molecule has 24 heavy (non-hydrogen) atoms. The van der Waals surface area contributed by atoms with Crippen LogP contribution in [0.2, 0.25) is 0 Å². The molecule has 2 aliphatic rings. The average Bonchev–Trinajstić information content (AvgIpc) is 3.33. The van der Waals surface area contributed by atoms with Crippen LogP contribution in [0.3, 0.4) is 0 Å². The van der Waals surface area contributed by atoms with Gasteiger partial charge in [0.15, 0.2) is 5.78 Å². The zero-order chi connectivity index (χ0) is 16.4. The van der Waals surface area contributed by atoms with Crippen molar-refractivity contribution in [2.75, 3.05) is 0 Å². The molecule has 4 rings (SSSR count). The Morgan fingerprint density at radius 3 is 1.50 bits per heavy atom. The lowest BCUT2D eigenvalue weighted by Gasteiger charge is -2.12. The van der Waals surface area contributed by atoms with Gasteiger partial charge in [0.1, 0.15) is 12.1 Å². The predicted molar refractivity (Wildman–Crippen MR) is 94.0 cm³/mol. The van der Waals surface area contributed by atoms with E-state index in [2.05, 4.69) is 21.7 Å². The van der Waals surface area contributed by atoms with E-state index in [4.69, 9.17) is 0 Å². The Hall–Kier alpha value is -2.89. The summed E-state index contributed by atoms with van der Waals surface area (Å²) in [7, 11) is 0. The fourth-order valence-electron chi connectivity index (χ4n) is 2.88. The molecule has 120 valence electrons. The first-order valence-corrected chi connectivity index (χ1v) is 7.92. The number of ketones is 1. The van der Waals surface area contributed by atoms with Gasteiger partial charge in [0.25, 0.3) is 0 Å². The van der Waals surface area contributed by atoms with Crippen molar-refractivity contribution < 1.29 is 4.79 Å². The van der Waals surface area contributed by atoms with Crippen LogP contribution in [0.5, 0.6) is 0 Å². The van der Waals surface area contributed by atoms with Crippen molar-refractivity contribution in [3.8, 4) is 0 Å². The summed E-state index contributed by atoms with van der Waals surface area (Å²) >= 11 is 0. The first kappa shape index (κ1) is 14.7. The second-order valence-corrected chi connectivity index (χ2v) is 5.79. The molecule has 2 aliphatic heterocycles. The number of carbonyl (C=O) groups excluding carboxylic acids is 1. The van der Waals surface area contributed by atoms with E-state index in [0.29, 0.717) is 0 Å². The molecule has 0 fully saturated rings. The average molecular weight is 318 g/mol. The minimum Gasteiger partial charge on any atom is -0.320 e. The molecule has 2 unspecified atom stereocenters. The highest BCUT2D eigenvalue weighted by Gasteiger charge is 2.30. The first-order chi connectivity index (χ1) is 11.8. The smallest absolute Gasteiger partial charge is 0.178 e. The maximum Gasteiger partial charge on any atom is 0.178 e. The van der Waals surface area contributed by atoms with E-state index >= 15 is 0 Å². The molecular formula is C19H18N4O. The third-order valence-electron chi connectivity index (χ3n) is 4.17. The Labute approximate surface area is 140 Å². The molecule has 0 bridgehead atoms. The van der Waals surface area contributed by atoms with Crippen molar-refractivity contribution in [1.82, 2.24) is 21.7 Å². The van der Waals surface area contributed by atoms with Crippen molar-refractivity contribution in [1.29, 1.82) is 0 Å². The summed E-state index contributed by atoms with van der Waals surface area (Å²) < 4.78 is 0. The molecule has 0 spiro atoms. The van der Waals surface area contributed by atoms with E-state index in [1.54, 1.807) is 0 Å². The van der Waals surface area contributed by atoms with Crippen LogP contribution < -0.4 is 21.7 Å². The molecule has 4 N–H and O–H groups in total. The number of benzene rings is 2. The highest BCUT2D eigenvalue weighted by Crippen LogP contribution is 2.19. The van der Waals surface area contributed by atoms with Crippen LogP contribution in [0.1, 0.15) is 11.1 Å². The molecule has 0 radical (unpaired) electrons. The lowest BCUT2D eigenvalue weighted by Crippen LogP contribution is -2.47. The fourth-order valence-corrected chi connectivity index (χ4v) is 2.88. The van der Waals surface area contributed by atoms with Gasteiger partial charge in [-0.05, 0) is 23.3 Å². The highest BCUT2D eigenvalue weighted by molar-refractivity contribution is 5.96. The highest BCUT2D eigenvalue weighted by atomic mass is 16.1. The van der Waals surface area contributed by atoms with Gasteiger partial charge in [-0.2, -0.15) is 0 Å². The van der Waals surface area contributed by atoms with Crippen molar-refractivity contribution in [2.24, 2.45) is 0 Å². The molecule has 2 aromatic carbocycles. The molecule has 0 aromatic heterocycles. The van der Waals surface area contributed by atoms with Gasteiger partial charge < -0.3 is 10.9 Å². The van der Waals surface area contributed by atoms with Gasteiger partial charge in [-0.3, -0.25) is 4.79 Å². The molecule has 2 aromatic rings. The van der Waals surface area contributed by atoms with E-state index in [1.165, 1.54) is 0 Å². The van der Waals surface area contributed by atoms with Gasteiger partial charge in [0.2, 0.25) is 0 Å². The zero-order valence-electron chi connectivity index (χ0n) is 13.0. The molecule has 2 atom stereocenters. The number of nitrogens with one attached hydrogen (secondary N) is 4. The molecule has 5 nitrogen and oxygen atoms in total. The Morgan fingerprint density at radius 1 is 0.667 bits per heavy atom. The number of Topliss-reactive ketones (excluding diaryl/α,β-unsaturated/α-hetero) is 1. The van der Waals surface area contributed by atoms with Crippen LogP contribution in [0.4, 0.5) is 0 Å². The summed E-state index contributed by atoms with van der Waals surface area (Å²) in [4.78, 5) is 12.7. The standard InChI is InChI=1S/C19H18N4O/c24-19(17-11-15(20-22-17)13-7-3-1-4-8-13)18-12-16(21-23-18)14-9-5-2-6-10-14/h1-12,17-18,20-23H. The van der Waals surface area contributed by atoms with Crippen LogP contribution >= 0.6 is 0 Å². The van der Waals surface area contributed by atoms with E-state index in [9.17, 15) is 4.79 Å². The monoisotopic (exact) mass is 318 g/mol. The number of carbonyl (C=O) groups is 1. The lowest BCUT2D eigenvalue weighted by atomic mass is 10.0. The van der Waals surface area contributed by atoms with E-state index in [0.717, 1.165) is 22.5 Å². The van der Waals surface area contributed by atoms with Crippen LogP contribution in [0.25, 0.3) is 11.4 Å². The van der Waals surface area contributed by atoms with Crippen LogP contribution in [-0.2, 0) is 4.79 Å². The SMILES string of the molecule is O=C(C1C=C(c2ccccc2)NN1)C1C=C(c2ccccc2)NN1. The number of rotatable bonds is 4. The Morgan fingerprint density at radius 2 is 1.08 bits per heavy atom. The first-order valence-electron chi connectivity index (χ1n) is 7.92. The lowest BCUT2D eigenvalue weighted by molar-refractivity contribution is -0.120. The second-order valence-electron chi connectivity index (χ2n) is 5.79. The van der Waals surface area contributed by atoms with Gasteiger partial charge in [-0.25, -0.2) is 10.9 Å². The number of hydrazine groups is 2. The van der Waals surface area contributed by atoms with Crippen LogP contribution in [-0.4, -0.2) is 17.9 Å². The fraction of sp³-hybridized carbons (Fsp3) is 0.105. The van der Waals surface area contributed by atoms with Gasteiger partial charge in [-0.15, -0.1) is 0 Å². The van der Waals surface area contributed by atoms with Gasteiger partial charge in [0, 0.05) is 0 Å². The van der Waals surface area contributed by atoms with Gasteiger partial charge in [0.05, 0.1) is 11.4 Å². The van der Waals surface area contributed by atoms with Gasteiger partial charge >= 0.3 is 0 Å².